The van der Waals surface area contributed by atoms with E-state index < -0.39 is 11.6 Å². The van der Waals surface area contributed by atoms with Crippen molar-refractivity contribution in [1.29, 1.82) is 0 Å². The summed E-state index contributed by atoms with van der Waals surface area (Å²) in [4.78, 5) is 36.2. The molecular weight excluding hydrogens is 272 g/mol. The van der Waals surface area contributed by atoms with E-state index in [-0.39, 0.29) is 24.8 Å². The number of rotatable bonds is 4. The molecule has 1 aromatic carbocycles. The van der Waals surface area contributed by atoms with Crippen LogP contribution in [-0.2, 0) is 22.6 Å². The zero-order valence-corrected chi connectivity index (χ0v) is 12.0. The van der Waals surface area contributed by atoms with Gasteiger partial charge in [0.05, 0.1) is 13.0 Å². The Balaban J connectivity index is 2.06. The zero-order valence-electron chi connectivity index (χ0n) is 12.0. The van der Waals surface area contributed by atoms with Crippen LogP contribution in [0.5, 0.6) is 0 Å². The summed E-state index contributed by atoms with van der Waals surface area (Å²) >= 11 is 0. The molecule has 1 aromatic rings. The minimum absolute atomic E-state index is 0.187. The molecule has 0 bridgehead atoms. The van der Waals surface area contributed by atoms with E-state index in [0.717, 1.165) is 11.1 Å². The number of nitrogens with two attached hydrogens (primary N) is 1. The first kappa shape index (κ1) is 15.0. The SMILES string of the molecule is CC1(C)NC(=O)N(Cc2ccc(CC(=O)NN)cc2)C1=O. The van der Waals surface area contributed by atoms with E-state index >= 15 is 0 Å². The van der Waals surface area contributed by atoms with Crippen molar-refractivity contribution in [3.63, 3.8) is 0 Å². The number of nitrogens with one attached hydrogen (secondary N) is 2. The van der Waals surface area contributed by atoms with E-state index in [1.54, 1.807) is 38.1 Å². The maximum absolute atomic E-state index is 12.1. The fraction of sp³-hybridized carbons (Fsp3) is 0.357. The van der Waals surface area contributed by atoms with Crippen LogP contribution in [0.2, 0.25) is 0 Å². The summed E-state index contributed by atoms with van der Waals surface area (Å²) < 4.78 is 0. The molecule has 0 saturated carbocycles. The maximum atomic E-state index is 12.1. The average Bonchev–Trinajstić information content (AvgIpc) is 2.63. The predicted molar refractivity (Wildman–Crippen MR) is 75.6 cm³/mol. The lowest BCUT2D eigenvalue weighted by molar-refractivity contribution is -0.130. The molecule has 4 N–H and O–H groups in total. The van der Waals surface area contributed by atoms with Crippen LogP contribution in [-0.4, -0.2) is 28.3 Å². The Morgan fingerprint density at radius 3 is 2.29 bits per heavy atom. The number of benzene rings is 1. The van der Waals surface area contributed by atoms with Gasteiger partial charge in [0.1, 0.15) is 5.54 Å². The van der Waals surface area contributed by atoms with Crippen molar-refractivity contribution in [2.75, 3.05) is 0 Å². The third-order valence-corrected chi connectivity index (χ3v) is 3.33. The second-order valence-electron chi connectivity index (χ2n) is 5.51. The highest BCUT2D eigenvalue weighted by Crippen LogP contribution is 2.19. The molecule has 0 aromatic heterocycles. The van der Waals surface area contributed by atoms with Crippen LogP contribution in [0, 0.1) is 0 Å². The highest BCUT2D eigenvalue weighted by atomic mass is 16.2. The first-order chi connectivity index (χ1) is 9.83. The van der Waals surface area contributed by atoms with E-state index in [1.807, 2.05) is 0 Å². The second kappa shape index (κ2) is 5.53. The molecule has 0 radical (unpaired) electrons. The summed E-state index contributed by atoms with van der Waals surface area (Å²) in [7, 11) is 0. The Morgan fingerprint density at radius 1 is 1.24 bits per heavy atom. The number of carbonyl (C=O) groups excluding carboxylic acids is 3. The van der Waals surface area contributed by atoms with Crippen molar-refractivity contribution >= 4 is 17.8 Å². The van der Waals surface area contributed by atoms with Crippen LogP contribution in [0.4, 0.5) is 4.79 Å². The van der Waals surface area contributed by atoms with Crippen LogP contribution in [0.25, 0.3) is 0 Å². The standard InChI is InChI=1S/C14H18N4O3/c1-14(2)12(20)18(13(21)16-14)8-10-5-3-9(4-6-10)7-11(19)17-15/h3-6H,7-8,15H2,1-2H3,(H,16,21)(H,17,19). The number of amides is 4. The molecule has 7 nitrogen and oxygen atoms in total. The van der Waals surface area contributed by atoms with Crippen LogP contribution >= 0.6 is 0 Å². The van der Waals surface area contributed by atoms with Gasteiger partial charge in [-0.25, -0.2) is 10.6 Å². The lowest BCUT2D eigenvalue weighted by Gasteiger charge is -2.16. The van der Waals surface area contributed by atoms with E-state index in [2.05, 4.69) is 10.7 Å². The normalized spacial score (nSPS) is 16.8. The maximum Gasteiger partial charge on any atom is 0.325 e. The van der Waals surface area contributed by atoms with Crippen LogP contribution in [0.15, 0.2) is 24.3 Å². The van der Waals surface area contributed by atoms with Gasteiger partial charge in [-0.15, -0.1) is 0 Å². The lowest BCUT2D eigenvalue weighted by Crippen LogP contribution is -2.40. The molecule has 1 saturated heterocycles. The molecule has 1 aliphatic heterocycles. The van der Waals surface area contributed by atoms with Crippen molar-refractivity contribution in [2.24, 2.45) is 5.84 Å². The summed E-state index contributed by atoms with van der Waals surface area (Å²) in [6.07, 6.45) is 0.187. The van der Waals surface area contributed by atoms with Crippen molar-refractivity contribution in [3.05, 3.63) is 35.4 Å². The largest absolute Gasteiger partial charge is 0.325 e. The Bertz CT molecular complexity index is 580. The summed E-state index contributed by atoms with van der Waals surface area (Å²) in [6, 6.07) is 6.72. The van der Waals surface area contributed by atoms with Gasteiger partial charge < -0.3 is 5.32 Å². The third-order valence-electron chi connectivity index (χ3n) is 3.33. The van der Waals surface area contributed by atoms with Crippen molar-refractivity contribution in [1.82, 2.24) is 15.6 Å². The fourth-order valence-corrected chi connectivity index (χ4v) is 2.14. The molecule has 21 heavy (non-hydrogen) atoms. The summed E-state index contributed by atoms with van der Waals surface area (Å²) in [5.74, 6) is 4.50. The quantitative estimate of drug-likeness (QED) is 0.315. The number of hydrogen-bond donors (Lipinski definition) is 3. The molecule has 4 amide bonds. The van der Waals surface area contributed by atoms with E-state index in [1.165, 1.54) is 4.90 Å². The number of urea groups is 1. The van der Waals surface area contributed by atoms with E-state index in [0.29, 0.717) is 0 Å². The van der Waals surface area contributed by atoms with Crippen molar-refractivity contribution in [3.8, 4) is 0 Å². The second-order valence-corrected chi connectivity index (χ2v) is 5.51. The molecule has 0 unspecified atom stereocenters. The van der Waals surface area contributed by atoms with Crippen LogP contribution in [0.3, 0.4) is 0 Å². The van der Waals surface area contributed by atoms with Gasteiger partial charge in [0.25, 0.3) is 5.91 Å². The Labute approximate surface area is 122 Å². The topological polar surface area (TPSA) is 105 Å². The van der Waals surface area contributed by atoms with Gasteiger partial charge >= 0.3 is 6.03 Å². The van der Waals surface area contributed by atoms with E-state index in [4.69, 9.17) is 5.84 Å². The highest BCUT2D eigenvalue weighted by molar-refractivity contribution is 6.06. The Morgan fingerprint density at radius 2 is 1.81 bits per heavy atom. The molecule has 1 aliphatic rings. The summed E-state index contributed by atoms with van der Waals surface area (Å²) in [6.45, 7) is 3.54. The van der Waals surface area contributed by atoms with Crippen LogP contribution in [0.1, 0.15) is 25.0 Å². The molecule has 1 heterocycles. The van der Waals surface area contributed by atoms with Crippen molar-refractivity contribution in [2.45, 2.75) is 32.4 Å². The molecule has 0 spiro atoms. The summed E-state index contributed by atoms with van der Waals surface area (Å²) in [5, 5.41) is 2.63. The molecule has 112 valence electrons. The predicted octanol–water partition coefficient (Wildman–Crippen LogP) is 0.0494. The van der Waals surface area contributed by atoms with Gasteiger partial charge in [0.15, 0.2) is 0 Å². The number of carbonyl (C=O) groups is 3. The van der Waals surface area contributed by atoms with Gasteiger partial charge in [0.2, 0.25) is 5.91 Å². The van der Waals surface area contributed by atoms with Gasteiger partial charge in [-0.2, -0.15) is 0 Å². The lowest BCUT2D eigenvalue weighted by atomic mass is 10.1. The third kappa shape index (κ3) is 3.19. The molecule has 7 heteroatoms. The van der Waals surface area contributed by atoms with E-state index in [9.17, 15) is 14.4 Å². The minimum Gasteiger partial charge on any atom is -0.324 e. The first-order valence-corrected chi connectivity index (χ1v) is 6.55. The van der Waals surface area contributed by atoms with Gasteiger partial charge in [-0.05, 0) is 25.0 Å². The highest BCUT2D eigenvalue weighted by Gasteiger charge is 2.43. The average molecular weight is 290 g/mol. The van der Waals surface area contributed by atoms with Crippen molar-refractivity contribution < 1.29 is 14.4 Å². The molecular formula is C14H18N4O3. The fourth-order valence-electron chi connectivity index (χ4n) is 2.14. The summed E-state index contributed by atoms with van der Waals surface area (Å²) in [5.41, 5.74) is 2.82. The zero-order chi connectivity index (χ0) is 15.6. The number of hydrazine groups is 1. The van der Waals surface area contributed by atoms with Gasteiger partial charge in [-0.1, -0.05) is 24.3 Å². The number of hydrogen-bond acceptors (Lipinski definition) is 4. The van der Waals surface area contributed by atoms with Gasteiger partial charge in [-0.3, -0.25) is 19.9 Å². The molecule has 0 aliphatic carbocycles. The van der Waals surface area contributed by atoms with Gasteiger partial charge in [0, 0.05) is 0 Å². The number of nitrogens with zero attached hydrogens (tertiary/aromatic N) is 1. The molecule has 0 atom stereocenters. The smallest absolute Gasteiger partial charge is 0.324 e. The Hall–Kier alpha value is -2.41. The number of imide groups is 1. The first-order valence-electron chi connectivity index (χ1n) is 6.55. The van der Waals surface area contributed by atoms with Crippen LogP contribution < -0.4 is 16.6 Å². The molecule has 2 rings (SSSR count). The minimum atomic E-state index is -0.865. The molecule has 1 fully saturated rings. The Kier molecular flexibility index (Phi) is 3.95. The monoisotopic (exact) mass is 290 g/mol.